The first-order chi connectivity index (χ1) is 12.3. The number of hydrogen-bond acceptors (Lipinski definition) is 4. The van der Waals surface area contributed by atoms with Crippen LogP contribution in [0.3, 0.4) is 0 Å². The van der Waals surface area contributed by atoms with Crippen molar-refractivity contribution in [3.05, 3.63) is 75.8 Å². The third kappa shape index (κ3) is 3.86. The molecule has 2 aromatic carbocycles. The number of aromatic nitrogens is 2. The molecule has 3 rings (SSSR count). The van der Waals surface area contributed by atoms with Gasteiger partial charge in [-0.2, -0.15) is 0 Å². The summed E-state index contributed by atoms with van der Waals surface area (Å²) in [5.41, 5.74) is 0.425. The Hall–Kier alpha value is -2.06. The Kier molecular flexibility index (Phi) is 5.24. The van der Waals surface area contributed by atoms with E-state index in [1.54, 1.807) is 30.3 Å². The smallest absolute Gasteiger partial charge is 0.285 e. The number of hydrogen-bond donors (Lipinski definition) is 1. The summed E-state index contributed by atoms with van der Waals surface area (Å²) in [6.45, 7) is 0. The molecule has 0 saturated heterocycles. The second kappa shape index (κ2) is 7.28. The summed E-state index contributed by atoms with van der Waals surface area (Å²) in [7, 11) is -3.99. The second-order valence-corrected chi connectivity index (χ2v) is 8.01. The van der Waals surface area contributed by atoms with Crippen LogP contribution in [0.15, 0.2) is 59.9 Å². The quantitative estimate of drug-likeness (QED) is 0.635. The standard InChI is InChI=1S/C16H10Cl3N3O3S/c17-12-6-10(7-13(18)15(12)19)22-8-14(20-9-22)16(23)21-26(24,25)11-4-2-1-3-5-11/h1-9H,(H,21,23). The molecule has 1 heterocycles. The van der Waals surface area contributed by atoms with Gasteiger partial charge in [0.2, 0.25) is 0 Å². The Morgan fingerprint density at radius 3 is 2.27 bits per heavy atom. The predicted molar refractivity (Wildman–Crippen MR) is 99.7 cm³/mol. The molecule has 0 fully saturated rings. The van der Waals surface area contributed by atoms with Crippen LogP contribution in [-0.2, 0) is 10.0 Å². The molecule has 0 unspecified atom stereocenters. The number of sulfonamides is 1. The molecule has 26 heavy (non-hydrogen) atoms. The number of carbonyl (C=O) groups is 1. The number of nitrogens with one attached hydrogen (secondary N) is 1. The second-order valence-electron chi connectivity index (χ2n) is 5.14. The van der Waals surface area contributed by atoms with Gasteiger partial charge in [0.15, 0.2) is 0 Å². The predicted octanol–water partition coefficient (Wildman–Crippen LogP) is 3.95. The van der Waals surface area contributed by atoms with E-state index in [9.17, 15) is 13.2 Å². The highest BCUT2D eigenvalue weighted by atomic mass is 35.5. The van der Waals surface area contributed by atoms with E-state index in [0.717, 1.165) is 0 Å². The Morgan fingerprint density at radius 1 is 1.04 bits per heavy atom. The van der Waals surface area contributed by atoms with E-state index in [1.165, 1.54) is 29.2 Å². The maximum absolute atomic E-state index is 12.2. The fourth-order valence-corrected chi connectivity index (χ4v) is 3.67. The lowest BCUT2D eigenvalue weighted by Gasteiger charge is -2.06. The van der Waals surface area contributed by atoms with Crippen LogP contribution in [0.1, 0.15) is 10.5 Å². The molecule has 0 aliphatic rings. The topological polar surface area (TPSA) is 81.1 Å². The maximum atomic E-state index is 12.2. The average Bonchev–Trinajstić information content (AvgIpc) is 3.10. The molecule has 6 nitrogen and oxygen atoms in total. The van der Waals surface area contributed by atoms with E-state index in [-0.39, 0.29) is 25.7 Å². The summed E-state index contributed by atoms with van der Waals surface area (Å²) in [6.07, 6.45) is 2.69. The molecule has 1 amide bonds. The number of benzene rings is 2. The first-order valence-corrected chi connectivity index (χ1v) is 9.71. The van der Waals surface area contributed by atoms with Crippen LogP contribution in [0.25, 0.3) is 5.69 Å². The number of rotatable bonds is 4. The van der Waals surface area contributed by atoms with Crippen molar-refractivity contribution in [1.29, 1.82) is 0 Å². The van der Waals surface area contributed by atoms with Gasteiger partial charge in [-0.05, 0) is 24.3 Å². The molecule has 10 heteroatoms. The lowest BCUT2D eigenvalue weighted by atomic mass is 10.3. The number of carbonyl (C=O) groups excluding carboxylic acids is 1. The zero-order chi connectivity index (χ0) is 18.9. The van der Waals surface area contributed by atoms with E-state index >= 15 is 0 Å². The third-order valence-corrected chi connectivity index (χ3v) is 5.91. The minimum Gasteiger partial charge on any atom is -0.305 e. The summed E-state index contributed by atoms with van der Waals surface area (Å²) in [5, 5.41) is 0.685. The molecule has 1 N–H and O–H groups in total. The highest BCUT2D eigenvalue weighted by molar-refractivity contribution is 7.90. The van der Waals surface area contributed by atoms with E-state index in [1.807, 2.05) is 4.72 Å². The van der Waals surface area contributed by atoms with E-state index in [4.69, 9.17) is 34.8 Å². The van der Waals surface area contributed by atoms with Crippen LogP contribution in [0, 0.1) is 0 Å². The maximum Gasteiger partial charge on any atom is 0.285 e. The van der Waals surface area contributed by atoms with Crippen molar-refractivity contribution < 1.29 is 13.2 Å². The van der Waals surface area contributed by atoms with Gasteiger partial charge in [-0.3, -0.25) is 4.79 Å². The summed E-state index contributed by atoms with van der Waals surface area (Å²) >= 11 is 17.9. The van der Waals surface area contributed by atoms with Gasteiger partial charge in [-0.25, -0.2) is 18.1 Å². The van der Waals surface area contributed by atoms with Crippen LogP contribution in [-0.4, -0.2) is 23.9 Å². The van der Waals surface area contributed by atoms with Crippen molar-refractivity contribution in [2.24, 2.45) is 0 Å². The van der Waals surface area contributed by atoms with Crippen LogP contribution < -0.4 is 4.72 Å². The molecule has 0 aliphatic carbocycles. The van der Waals surface area contributed by atoms with Crippen LogP contribution >= 0.6 is 34.8 Å². The van der Waals surface area contributed by atoms with Crippen molar-refractivity contribution in [3.8, 4) is 5.69 Å². The normalized spacial score (nSPS) is 11.3. The first-order valence-electron chi connectivity index (χ1n) is 7.09. The molecule has 0 bridgehead atoms. The van der Waals surface area contributed by atoms with Crippen molar-refractivity contribution in [1.82, 2.24) is 14.3 Å². The van der Waals surface area contributed by atoms with Gasteiger partial charge >= 0.3 is 0 Å². The zero-order valence-corrected chi connectivity index (χ0v) is 15.9. The minimum atomic E-state index is -3.99. The molecule has 0 aliphatic heterocycles. The minimum absolute atomic E-state index is 0.0240. The monoisotopic (exact) mass is 429 g/mol. The van der Waals surface area contributed by atoms with E-state index in [2.05, 4.69) is 4.98 Å². The molecule has 0 spiro atoms. The van der Waals surface area contributed by atoms with E-state index in [0.29, 0.717) is 5.69 Å². The Morgan fingerprint density at radius 2 is 1.65 bits per heavy atom. The highest BCUT2D eigenvalue weighted by Gasteiger charge is 2.20. The number of nitrogens with zero attached hydrogens (tertiary/aromatic N) is 2. The molecule has 0 atom stereocenters. The van der Waals surface area contributed by atoms with Crippen molar-refractivity contribution in [2.75, 3.05) is 0 Å². The Balaban J connectivity index is 1.85. The Bertz CT molecular complexity index is 1060. The van der Waals surface area contributed by atoms with Crippen molar-refractivity contribution >= 4 is 50.7 Å². The molecule has 3 aromatic rings. The highest BCUT2D eigenvalue weighted by Crippen LogP contribution is 2.32. The summed E-state index contributed by atoms with van der Waals surface area (Å²) in [4.78, 5) is 16.1. The summed E-state index contributed by atoms with van der Waals surface area (Å²) in [5.74, 6) is -0.862. The van der Waals surface area contributed by atoms with Gasteiger partial charge in [-0.1, -0.05) is 53.0 Å². The molecule has 134 valence electrons. The van der Waals surface area contributed by atoms with Gasteiger partial charge in [0.1, 0.15) is 12.0 Å². The number of amides is 1. The lowest BCUT2D eigenvalue weighted by molar-refractivity contribution is 0.0977. The SMILES string of the molecule is O=C(NS(=O)(=O)c1ccccc1)c1cn(-c2cc(Cl)c(Cl)c(Cl)c2)cn1. The lowest BCUT2D eigenvalue weighted by Crippen LogP contribution is -2.30. The first kappa shape index (κ1) is 18.7. The molecule has 0 saturated carbocycles. The molecular formula is C16H10Cl3N3O3S. The van der Waals surface area contributed by atoms with Crippen LogP contribution in [0.5, 0.6) is 0 Å². The number of halogens is 3. The largest absolute Gasteiger partial charge is 0.305 e. The van der Waals surface area contributed by atoms with Crippen molar-refractivity contribution in [3.63, 3.8) is 0 Å². The molecular weight excluding hydrogens is 421 g/mol. The molecule has 1 aromatic heterocycles. The zero-order valence-electron chi connectivity index (χ0n) is 12.9. The van der Waals surface area contributed by atoms with Gasteiger partial charge in [-0.15, -0.1) is 0 Å². The van der Waals surface area contributed by atoms with Gasteiger partial charge in [0.05, 0.1) is 20.0 Å². The average molecular weight is 431 g/mol. The van der Waals surface area contributed by atoms with Crippen molar-refractivity contribution in [2.45, 2.75) is 4.90 Å². The van der Waals surface area contributed by atoms with Crippen LogP contribution in [0.4, 0.5) is 0 Å². The van der Waals surface area contributed by atoms with Gasteiger partial charge in [0, 0.05) is 11.9 Å². The van der Waals surface area contributed by atoms with Crippen LogP contribution in [0.2, 0.25) is 15.1 Å². The van der Waals surface area contributed by atoms with E-state index < -0.39 is 15.9 Å². The fourth-order valence-electron chi connectivity index (χ4n) is 2.11. The Labute approximate surface area is 164 Å². The van der Waals surface area contributed by atoms with Gasteiger partial charge in [0.25, 0.3) is 15.9 Å². The fraction of sp³-hybridized carbons (Fsp3) is 0. The summed E-state index contributed by atoms with van der Waals surface area (Å²) in [6, 6.07) is 10.6. The summed E-state index contributed by atoms with van der Waals surface area (Å²) < 4.78 is 27.8. The third-order valence-electron chi connectivity index (χ3n) is 3.36. The number of imidazole rings is 1. The molecule has 0 radical (unpaired) electrons. The van der Waals surface area contributed by atoms with Gasteiger partial charge < -0.3 is 4.57 Å².